The van der Waals surface area contributed by atoms with Crippen LogP contribution >= 0.6 is 0 Å². The lowest BCUT2D eigenvalue weighted by molar-refractivity contribution is -0.160. The van der Waals surface area contributed by atoms with E-state index in [9.17, 15) is 9.90 Å². The first-order valence-electron chi connectivity index (χ1n) is 4.65. The number of carbonyl (C=O) groups excluding carboxylic acids is 1. The standard InChI is InChI=1S/C9H16O4/c1-3-12-9(11)8(10)7-5-4-6(2)13-7/h6-8,10H,3-5H2,1-2H3. The van der Waals surface area contributed by atoms with Gasteiger partial charge in [-0.15, -0.1) is 0 Å². The average Bonchev–Trinajstić information content (AvgIpc) is 2.51. The number of rotatable bonds is 3. The molecule has 0 spiro atoms. The van der Waals surface area contributed by atoms with Crippen LogP contribution in [0.25, 0.3) is 0 Å². The Labute approximate surface area is 77.8 Å². The molecule has 3 atom stereocenters. The largest absolute Gasteiger partial charge is 0.464 e. The monoisotopic (exact) mass is 188 g/mol. The lowest BCUT2D eigenvalue weighted by Crippen LogP contribution is -2.35. The van der Waals surface area contributed by atoms with Gasteiger partial charge in [-0.3, -0.25) is 0 Å². The summed E-state index contributed by atoms with van der Waals surface area (Å²) in [7, 11) is 0. The maximum atomic E-state index is 11.1. The highest BCUT2D eigenvalue weighted by Gasteiger charge is 2.33. The number of esters is 1. The summed E-state index contributed by atoms with van der Waals surface area (Å²) < 4.78 is 10.0. The van der Waals surface area contributed by atoms with Crippen LogP contribution in [0, 0.1) is 0 Å². The van der Waals surface area contributed by atoms with Crippen LogP contribution in [-0.4, -0.2) is 36.0 Å². The summed E-state index contributed by atoms with van der Waals surface area (Å²) in [5, 5.41) is 9.47. The van der Waals surface area contributed by atoms with Gasteiger partial charge in [0, 0.05) is 0 Å². The Balaban J connectivity index is 2.38. The zero-order valence-corrected chi connectivity index (χ0v) is 8.03. The molecule has 4 nitrogen and oxygen atoms in total. The second-order valence-electron chi connectivity index (χ2n) is 3.26. The van der Waals surface area contributed by atoms with Crippen molar-refractivity contribution < 1.29 is 19.4 Å². The molecule has 1 aliphatic rings. The van der Waals surface area contributed by atoms with Gasteiger partial charge in [-0.25, -0.2) is 4.79 Å². The molecule has 13 heavy (non-hydrogen) atoms. The highest BCUT2D eigenvalue weighted by molar-refractivity contribution is 5.75. The van der Waals surface area contributed by atoms with Crippen molar-refractivity contribution in [2.75, 3.05) is 6.61 Å². The van der Waals surface area contributed by atoms with E-state index in [1.54, 1.807) is 6.92 Å². The molecule has 0 amide bonds. The van der Waals surface area contributed by atoms with Crippen LogP contribution in [-0.2, 0) is 14.3 Å². The first-order chi connectivity index (χ1) is 6.15. The third-order valence-electron chi connectivity index (χ3n) is 2.15. The Bertz CT molecular complexity index is 180. The van der Waals surface area contributed by atoms with Crippen molar-refractivity contribution >= 4 is 5.97 Å². The van der Waals surface area contributed by atoms with E-state index in [1.165, 1.54) is 0 Å². The third-order valence-corrected chi connectivity index (χ3v) is 2.15. The summed E-state index contributed by atoms with van der Waals surface area (Å²) in [4.78, 5) is 11.1. The van der Waals surface area contributed by atoms with Crippen molar-refractivity contribution in [3.63, 3.8) is 0 Å². The topological polar surface area (TPSA) is 55.8 Å². The fourth-order valence-electron chi connectivity index (χ4n) is 1.45. The molecule has 0 bridgehead atoms. The molecule has 1 rings (SSSR count). The molecule has 0 aromatic rings. The molecule has 1 fully saturated rings. The van der Waals surface area contributed by atoms with Crippen molar-refractivity contribution in [1.29, 1.82) is 0 Å². The molecule has 0 aliphatic carbocycles. The predicted octanol–water partition coefficient (Wildman–Crippen LogP) is 0.478. The summed E-state index contributed by atoms with van der Waals surface area (Å²) in [6.07, 6.45) is 0.246. The zero-order valence-electron chi connectivity index (χ0n) is 8.03. The first-order valence-corrected chi connectivity index (χ1v) is 4.65. The smallest absolute Gasteiger partial charge is 0.337 e. The van der Waals surface area contributed by atoms with Crippen molar-refractivity contribution in [3.05, 3.63) is 0 Å². The minimum absolute atomic E-state index is 0.133. The predicted molar refractivity (Wildman–Crippen MR) is 46.2 cm³/mol. The number of aliphatic hydroxyl groups excluding tert-OH is 1. The second kappa shape index (κ2) is 4.58. The number of aliphatic hydroxyl groups is 1. The molecule has 4 heteroatoms. The fraction of sp³-hybridized carbons (Fsp3) is 0.889. The SMILES string of the molecule is CCOC(=O)C(O)C1CCC(C)O1. The summed E-state index contributed by atoms with van der Waals surface area (Å²) in [6.45, 7) is 3.93. The number of hydrogen-bond acceptors (Lipinski definition) is 4. The average molecular weight is 188 g/mol. The van der Waals surface area contributed by atoms with Crippen molar-refractivity contribution in [2.24, 2.45) is 0 Å². The summed E-state index contributed by atoms with van der Waals surface area (Å²) in [5.41, 5.74) is 0. The van der Waals surface area contributed by atoms with E-state index in [0.717, 1.165) is 12.8 Å². The quantitative estimate of drug-likeness (QED) is 0.654. The molecular formula is C9H16O4. The van der Waals surface area contributed by atoms with E-state index in [0.29, 0.717) is 0 Å². The van der Waals surface area contributed by atoms with Gasteiger partial charge in [-0.05, 0) is 26.7 Å². The molecule has 1 N–H and O–H groups in total. The lowest BCUT2D eigenvalue weighted by atomic mass is 10.1. The molecule has 1 aliphatic heterocycles. The van der Waals surface area contributed by atoms with Crippen LogP contribution in [0.15, 0.2) is 0 Å². The van der Waals surface area contributed by atoms with E-state index >= 15 is 0 Å². The number of carbonyl (C=O) groups is 1. The molecule has 3 unspecified atom stereocenters. The van der Waals surface area contributed by atoms with Gasteiger partial charge in [0.25, 0.3) is 0 Å². The van der Waals surface area contributed by atoms with Crippen LogP contribution in [0.5, 0.6) is 0 Å². The fourth-order valence-corrected chi connectivity index (χ4v) is 1.45. The highest BCUT2D eigenvalue weighted by atomic mass is 16.6. The van der Waals surface area contributed by atoms with Gasteiger partial charge >= 0.3 is 5.97 Å². The molecule has 0 saturated carbocycles. The summed E-state index contributed by atoms with van der Waals surface area (Å²) in [6, 6.07) is 0. The maximum absolute atomic E-state index is 11.1. The van der Waals surface area contributed by atoms with Crippen molar-refractivity contribution in [2.45, 2.75) is 45.0 Å². The Morgan fingerprint density at radius 1 is 1.69 bits per heavy atom. The van der Waals surface area contributed by atoms with E-state index in [2.05, 4.69) is 4.74 Å². The molecule has 0 aromatic heterocycles. The van der Waals surface area contributed by atoms with Crippen LogP contribution in [0.2, 0.25) is 0 Å². The maximum Gasteiger partial charge on any atom is 0.337 e. The Morgan fingerprint density at radius 3 is 2.85 bits per heavy atom. The van der Waals surface area contributed by atoms with Gasteiger partial charge in [-0.2, -0.15) is 0 Å². The van der Waals surface area contributed by atoms with Gasteiger partial charge in [-0.1, -0.05) is 0 Å². The first kappa shape index (κ1) is 10.5. The Kier molecular flexibility index (Phi) is 3.69. The van der Waals surface area contributed by atoms with Gasteiger partial charge < -0.3 is 14.6 Å². The van der Waals surface area contributed by atoms with E-state index in [-0.39, 0.29) is 18.8 Å². The molecule has 0 radical (unpaired) electrons. The van der Waals surface area contributed by atoms with Crippen LogP contribution in [0.1, 0.15) is 26.7 Å². The van der Waals surface area contributed by atoms with Crippen LogP contribution < -0.4 is 0 Å². The molecule has 1 heterocycles. The van der Waals surface area contributed by atoms with Gasteiger partial charge in [0.05, 0.1) is 18.8 Å². The molecular weight excluding hydrogens is 172 g/mol. The Hall–Kier alpha value is -0.610. The van der Waals surface area contributed by atoms with Crippen LogP contribution in [0.3, 0.4) is 0 Å². The molecule has 1 saturated heterocycles. The number of hydrogen-bond donors (Lipinski definition) is 1. The van der Waals surface area contributed by atoms with E-state index in [1.807, 2.05) is 6.92 Å². The normalized spacial score (nSPS) is 30.1. The van der Waals surface area contributed by atoms with Crippen molar-refractivity contribution in [3.8, 4) is 0 Å². The second-order valence-corrected chi connectivity index (χ2v) is 3.26. The van der Waals surface area contributed by atoms with E-state index in [4.69, 9.17) is 4.74 Å². The highest BCUT2D eigenvalue weighted by Crippen LogP contribution is 2.22. The summed E-state index contributed by atoms with van der Waals surface area (Å²) in [5.74, 6) is -0.582. The van der Waals surface area contributed by atoms with Gasteiger partial charge in [0.2, 0.25) is 0 Å². The zero-order chi connectivity index (χ0) is 9.84. The van der Waals surface area contributed by atoms with Crippen LogP contribution in [0.4, 0.5) is 0 Å². The summed E-state index contributed by atoms with van der Waals surface area (Å²) >= 11 is 0. The lowest BCUT2D eigenvalue weighted by Gasteiger charge is -2.16. The van der Waals surface area contributed by atoms with Crippen molar-refractivity contribution in [1.82, 2.24) is 0 Å². The van der Waals surface area contributed by atoms with Gasteiger partial charge in [0.1, 0.15) is 0 Å². The molecule has 0 aromatic carbocycles. The Morgan fingerprint density at radius 2 is 2.38 bits per heavy atom. The number of ether oxygens (including phenoxy) is 2. The molecule has 76 valence electrons. The van der Waals surface area contributed by atoms with E-state index < -0.39 is 12.1 Å². The minimum Gasteiger partial charge on any atom is -0.464 e. The minimum atomic E-state index is -1.12. The van der Waals surface area contributed by atoms with Gasteiger partial charge in [0.15, 0.2) is 6.10 Å². The third kappa shape index (κ3) is 2.67.